The Labute approximate surface area is 126 Å². The van der Waals surface area contributed by atoms with Crippen LogP contribution in [0.3, 0.4) is 0 Å². The third-order valence-electron chi connectivity index (χ3n) is 3.23. The number of nitrogens with zero attached hydrogens (tertiary/aromatic N) is 2. The Morgan fingerprint density at radius 1 is 1.38 bits per heavy atom. The van der Waals surface area contributed by atoms with Crippen LogP contribution in [0.2, 0.25) is 0 Å². The van der Waals surface area contributed by atoms with Crippen LogP contribution in [0.1, 0.15) is 13.3 Å². The number of halogens is 1. The van der Waals surface area contributed by atoms with Crippen LogP contribution in [0, 0.1) is 10.1 Å². The molecule has 0 radical (unpaired) electrons. The molecule has 1 aromatic heterocycles. The highest BCUT2D eigenvalue weighted by Crippen LogP contribution is 2.33. The monoisotopic (exact) mass is 328 g/mol. The summed E-state index contributed by atoms with van der Waals surface area (Å²) in [5, 5.41) is 10.6. The van der Waals surface area contributed by atoms with Crippen LogP contribution in [0.5, 0.6) is 0 Å². The lowest BCUT2D eigenvalue weighted by atomic mass is 10.2. The number of fused-ring (bicyclic) bond motifs is 1. The quantitative estimate of drug-likeness (QED) is 0.478. The molecular formula is C13H13ClN2O4S. The van der Waals surface area contributed by atoms with E-state index in [-0.39, 0.29) is 22.6 Å². The van der Waals surface area contributed by atoms with Gasteiger partial charge in [-0.05, 0) is 19.4 Å². The van der Waals surface area contributed by atoms with Gasteiger partial charge < -0.3 is 0 Å². The van der Waals surface area contributed by atoms with E-state index in [9.17, 15) is 18.5 Å². The van der Waals surface area contributed by atoms with Crippen molar-refractivity contribution in [2.24, 2.45) is 0 Å². The summed E-state index contributed by atoms with van der Waals surface area (Å²) < 4.78 is 25.3. The summed E-state index contributed by atoms with van der Waals surface area (Å²) in [5.41, 5.74) is -0.102. The van der Waals surface area contributed by atoms with Gasteiger partial charge in [0, 0.05) is 11.3 Å². The normalized spacial score (nSPS) is 13.2. The molecule has 1 aromatic carbocycles. The van der Waals surface area contributed by atoms with Gasteiger partial charge in [-0.25, -0.2) is 13.4 Å². The van der Waals surface area contributed by atoms with Gasteiger partial charge in [-0.3, -0.25) is 10.1 Å². The second-order valence-electron chi connectivity index (χ2n) is 4.58. The minimum absolute atomic E-state index is 0.164. The first-order valence-electron chi connectivity index (χ1n) is 6.21. The van der Waals surface area contributed by atoms with Crippen LogP contribution in [0.25, 0.3) is 10.9 Å². The Morgan fingerprint density at radius 3 is 2.67 bits per heavy atom. The Bertz CT molecular complexity index is 792. The average Bonchev–Trinajstić information content (AvgIpc) is 2.45. The number of alkyl halides is 1. The van der Waals surface area contributed by atoms with Crippen LogP contribution in [-0.2, 0) is 9.84 Å². The average molecular weight is 329 g/mol. The Hall–Kier alpha value is -1.73. The van der Waals surface area contributed by atoms with Gasteiger partial charge in [0.15, 0.2) is 14.7 Å². The fraction of sp³-hybridized carbons (Fsp3) is 0.308. The van der Waals surface area contributed by atoms with Crippen LogP contribution >= 0.6 is 11.6 Å². The molecule has 2 aromatic rings. The second kappa shape index (κ2) is 5.95. The van der Waals surface area contributed by atoms with E-state index in [4.69, 9.17) is 11.6 Å². The van der Waals surface area contributed by atoms with Crippen LogP contribution in [0.4, 0.5) is 5.69 Å². The van der Waals surface area contributed by atoms with E-state index in [1.54, 1.807) is 18.2 Å². The van der Waals surface area contributed by atoms with Gasteiger partial charge in [-0.15, -0.1) is 11.6 Å². The first kappa shape index (κ1) is 15.7. The largest absolute Gasteiger partial charge is 0.306 e. The van der Waals surface area contributed by atoms with Crippen LogP contribution < -0.4 is 0 Å². The molecule has 6 nitrogen and oxygen atoms in total. The Morgan fingerprint density at radius 2 is 2.05 bits per heavy atom. The van der Waals surface area contributed by atoms with E-state index in [0.717, 1.165) is 6.20 Å². The molecular weight excluding hydrogens is 316 g/mol. The van der Waals surface area contributed by atoms with Crippen molar-refractivity contribution in [3.05, 3.63) is 40.6 Å². The SMILES string of the molecule is CC(CCCl)S(=O)(=O)c1c([N+](=O)[O-])cnc2ccccc12. The van der Waals surface area contributed by atoms with E-state index in [1.165, 1.54) is 13.0 Å². The molecule has 21 heavy (non-hydrogen) atoms. The molecule has 0 saturated heterocycles. The van der Waals surface area contributed by atoms with Crippen molar-refractivity contribution in [2.45, 2.75) is 23.5 Å². The summed E-state index contributed by atoms with van der Waals surface area (Å²) in [6, 6.07) is 6.46. The molecule has 1 unspecified atom stereocenters. The molecule has 0 saturated carbocycles. The first-order valence-corrected chi connectivity index (χ1v) is 8.29. The molecule has 0 fully saturated rings. The number of aromatic nitrogens is 1. The lowest BCUT2D eigenvalue weighted by Gasteiger charge is -2.13. The summed E-state index contributed by atoms with van der Waals surface area (Å²) in [5.74, 6) is 0.164. The molecule has 0 spiro atoms. The van der Waals surface area contributed by atoms with Crippen molar-refractivity contribution in [1.82, 2.24) is 4.98 Å². The van der Waals surface area contributed by atoms with Gasteiger partial charge in [0.05, 0.1) is 15.7 Å². The van der Waals surface area contributed by atoms with Crippen molar-refractivity contribution in [3.8, 4) is 0 Å². The van der Waals surface area contributed by atoms with Gasteiger partial charge in [-0.2, -0.15) is 0 Å². The van der Waals surface area contributed by atoms with Gasteiger partial charge in [0.1, 0.15) is 6.20 Å². The van der Waals surface area contributed by atoms with Gasteiger partial charge in [0.25, 0.3) is 0 Å². The highest BCUT2D eigenvalue weighted by molar-refractivity contribution is 7.92. The number of hydrogen-bond acceptors (Lipinski definition) is 5. The van der Waals surface area contributed by atoms with Crippen LogP contribution in [0.15, 0.2) is 35.4 Å². The van der Waals surface area contributed by atoms with Gasteiger partial charge in [-0.1, -0.05) is 18.2 Å². The second-order valence-corrected chi connectivity index (χ2v) is 7.26. The summed E-state index contributed by atoms with van der Waals surface area (Å²) in [4.78, 5) is 14.1. The number of hydrogen-bond donors (Lipinski definition) is 0. The predicted molar refractivity (Wildman–Crippen MR) is 80.4 cm³/mol. The number of rotatable bonds is 5. The maximum absolute atomic E-state index is 12.7. The topological polar surface area (TPSA) is 90.2 Å². The molecule has 112 valence electrons. The first-order chi connectivity index (χ1) is 9.89. The molecule has 8 heteroatoms. The Balaban J connectivity index is 2.82. The zero-order valence-electron chi connectivity index (χ0n) is 11.2. The molecule has 0 N–H and O–H groups in total. The minimum atomic E-state index is -3.87. The summed E-state index contributed by atoms with van der Waals surface area (Å²) in [7, 11) is -3.87. The standard InChI is InChI=1S/C13H13ClN2O4S/c1-9(6-7-14)21(19,20)13-10-4-2-3-5-11(10)15-8-12(13)16(17)18/h2-5,8-9H,6-7H2,1H3. The van der Waals surface area contributed by atoms with E-state index in [1.807, 2.05) is 0 Å². The number of para-hydroxylation sites is 1. The number of pyridine rings is 1. The van der Waals surface area contributed by atoms with Crippen molar-refractivity contribution >= 4 is 38.0 Å². The maximum Gasteiger partial charge on any atom is 0.306 e. The van der Waals surface area contributed by atoms with Crippen molar-refractivity contribution in [3.63, 3.8) is 0 Å². The molecule has 0 aliphatic rings. The number of nitro groups is 1. The summed E-state index contributed by atoms with van der Waals surface area (Å²) in [6.45, 7) is 1.50. The zero-order valence-corrected chi connectivity index (χ0v) is 12.8. The fourth-order valence-corrected chi connectivity index (χ4v) is 4.23. The molecule has 2 rings (SSSR count). The molecule has 0 aliphatic carbocycles. The van der Waals surface area contributed by atoms with E-state index < -0.39 is 25.7 Å². The fourth-order valence-electron chi connectivity index (χ4n) is 2.04. The molecule has 0 bridgehead atoms. The summed E-state index contributed by atoms with van der Waals surface area (Å²) in [6.07, 6.45) is 1.21. The third-order valence-corrected chi connectivity index (χ3v) is 5.75. The highest BCUT2D eigenvalue weighted by Gasteiger charge is 2.33. The number of sulfone groups is 1. The van der Waals surface area contributed by atoms with Crippen molar-refractivity contribution < 1.29 is 13.3 Å². The maximum atomic E-state index is 12.7. The van der Waals surface area contributed by atoms with Gasteiger partial charge in [0.2, 0.25) is 0 Å². The molecule has 0 aliphatic heterocycles. The lowest BCUT2D eigenvalue weighted by molar-refractivity contribution is -0.387. The zero-order chi connectivity index (χ0) is 15.6. The van der Waals surface area contributed by atoms with Crippen LogP contribution in [-0.4, -0.2) is 29.5 Å². The van der Waals surface area contributed by atoms with E-state index in [0.29, 0.717) is 5.52 Å². The van der Waals surface area contributed by atoms with Crippen molar-refractivity contribution in [2.75, 3.05) is 5.88 Å². The Kier molecular flexibility index (Phi) is 4.43. The minimum Gasteiger partial charge on any atom is -0.258 e. The van der Waals surface area contributed by atoms with E-state index >= 15 is 0 Å². The highest BCUT2D eigenvalue weighted by atomic mass is 35.5. The predicted octanol–water partition coefficient (Wildman–Crippen LogP) is 2.93. The summed E-state index contributed by atoms with van der Waals surface area (Å²) >= 11 is 5.60. The lowest BCUT2D eigenvalue weighted by Crippen LogP contribution is -2.20. The molecule has 0 amide bonds. The van der Waals surface area contributed by atoms with E-state index in [2.05, 4.69) is 4.98 Å². The number of benzene rings is 1. The third kappa shape index (κ3) is 2.84. The van der Waals surface area contributed by atoms with Crippen molar-refractivity contribution in [1.29, 1.82) is 0 Å². The smallest absolute Gasteiger partial charge is 0.258 e. The molecule has 1 heterocycles. The molecule has 1 atom stereocenters. The van der Waals surface area contributed by atoms with Gasteiger partial charge >= 0.3 is 5.69 Å².